The van der Waals surface area contributed by atoms with Crippen LogP contribution in [0.25, 0.3) is 0 Å². The van der Waals surface area contributed by atoms with Crippen LogP contribution in [0.2, 0.25) is 5.02 Å². The minimum absolute atomic E-state index is 0.0678. The zero-order chi connectivity index (χ0) is 19.6. The maximum absolute atomic E-state index is 14.6. The van der Waals surface area contributed by atoms with Crippen LogP contribution in [0.4, 0.5) is 22.0 Å². The zero-order valence-corrected chi connectivity index (χ0v) is 14.7. The quantitative estimate of drug-likeness (QED) is 0.756. The molecule has 1 aliphatic heterocycles. The van der Waals surface area contributed by atoms with Crippen LogP contribution in [0, 0.1) is 11.6 Å². The summed E-state index contributed by atoms with van der Waals surface area (Å²) in [6.45, 7) is 2.30. The summed E-state index contributed by atoms with van der Waals surface area (Å²) >= 11 is 5.71. The Labute approximate surface area is 157 Å². The molecule has 3 rings (SSSR count). The summed E-state index contributed by atoms with van der Waals surface area (Å²) < 4.78 is 70.0. The number of ether oxygens (including phenoxy) is 1. The lowest BCUT2D eigenvalue weighted by Crippen LogP contribution is -2.45. The second kappa shape index (κ2) is 8.00. The zero-order valence-electron chi connectivity index (χ0n) is 14.0. The Bertz CT molecular complexity index is 768. The predicted octanol–water partition coefficient (Wildman–Crippen LogP) is 4.51. The molecule has 0 radical (unpaired) electrons. The van der Waals surface area contributed by atoms with E-state index in [1.54, 1.807) is 0 Å². The molecular formula is C18H16ClF5N2O. The average molecular weight is 407 g/mol. The van der Waals surface area contributed by atoms with Crippen LogP contribution in [0.3, 0.4) is 0 Å². The van der Waals surface area contributed by atoms with Crippen LogP contribution in [-0.2, 0) is 0 Å². The van der Waals surface area contributed by atoms with E-state index in [1.807, 2.05) is 4.90 Å². The molecule has 27 heavy (non-hydrogen) atoms. The predicted molar refractivity (Wildman–Crippen MR) is 90.8 cm³/mol. The van der Waals surface area contributed by atoms with E-state index in [0.717, 1.165) is 24.3 Å². The van der Waals surface area contributed by atoms with E-state index in [2.05, 4.69) is 10.1 Å². The molecule has 0 aromatic heterocycles. The van der Waals surface area contributed by atoms with Gasteiger partial charge in [0.1, 0.15) is 17.4 Å². The normalized spacial score (nSPS) is 17.0. The fourth-order valence-electron chi connectivity index (χ4n) is 3.17. The molecule has 9 heteroatoms. The Morgan fingerprint density at radius 3 is 2.07 bits per heavy atom. The molecule has 1 N–H and O–H groups in total. The van der Waals surface area contributed by atoms with Gasteiger partial charge in [-0.3, -0.25) is 4.90 Å². The van der Waals surface area contributed by atoms with Crippen LogP contribution in [0.15, 0.2) is 36.4 Å². The van der Waals surface area contributed by atoms with E-state index < -0.39 is 29.8 Å². The van der Waals surface area contributed by atoms with Gasteiger partial charge in [-0.25, -0.2) is 8.78 Å². The number of benzene rings is 2. The molecule has 0 amide bonds. The molecule has 1 aliphatic rings. The van der Waals surface area contributed by atoms with Gasteiger partial charge >= 0.3 is 6.36 Å². The highest BCUT2D eigenvalue weighted by molar-refractivity contribution is 6.30. The third-order valence-electron chi connectivity index (χ3n) is 4.26. The fourth-order valence-corrected chi connectivity index (χ4v) is 3.36. The van der Waals surface area contributed by atoms with Gasteiger partial charge in [-0.05, 0) is 29.8 Å². The lowest BCUT2D eigenvalue weighted by Gasteiger charge is -2.36. The molecule has 146 valence electrons. The minimum atomic E-state index is -4.81. The third-order valence-corrected chi connectivity index (χ3v) is 4.48. The van der Waals surface area contributed by atoms with Crippen molar-refractivity contribution in [3.63, 3.8) is 0 Å². The molecule has 1 atom stereocenters. The van der Waals surface area contributed by atoms with Gasteiger partial charge in [0, 0.05) is 36.8 Å². The summed E-state index contributed by atoms with van der Waals surface area (Å²) in [6.07, 6.45) is -4.81. The van der Waals surface area contributed by atoms with Crippen molar-refractivity contribution in [2.24, 2.45) is 0 Å². The van der Waals surface area contributed by atoms with Crippen LogP contribution >= 0.6 is 11.6 Å². The number of piperazine rings is 1. The van der Waals surface area contributed by atoms with Crippen LogP contribution in [-0.4, -0.2) is 37.4 Å². The monoisotopic (exact) mass is 406 g/mol. The van der Waals surface area contributed by atoms with Crippen molar-refractivity contribution in [3.8, 4) is 5.75 Å². The number of hydrogen-bond acceptors (Lipinski definition) is 3. The molecule has 2 aromatic carbocycles. The van der Waals surface area contributed by atoms with Gasteiger partial charge in [-0.1, -0.05) is 23.7 Å². The van der Waals surface area contributed by atoms with Crippen LogP contribution < -0.4 is 10.1 Å². The SMILES string of the molecule is Fc1cc(Cl)cc(F)c1[C@H](c1ccc(OC(F)(F)F)cc1)N1CCNCC1. The van der Waals surface area contributed by atoms with Gasteiger partial charge in [-0.2, -0.15) is 0 Å². The number of nitrogens with zero attached hydrogens (tertiary/aromatic N) is 1. The van der Waals surface area contributed by atoms with E-state index >= 15 is 0 Å². The number of halogens is 6. The summed E-state index contributed by atoms with van der Waals surface area (Å²) in [5.41, 5.74) is 0.261. The minimum Gasteiger partial charge on any atom is -0.406 e. The lowest BCUT2D eigenvalue weighted by molar-refractivity contribution is -0.274. The summed E-state index contributed by atoms with van der Waals surface area (Å²) in [5, 5.41) is 3.08. The highest BCUT2D eigenvalue weighted by Gasteiger charge is 2.32. The second-order valence-corrected chi connectivity index (χ2v) is 6.52. The lowest BCUT2D eigenvalue weighted by atomic mass is 9.95. The molecule has 0 bridgehead atoms. The van der Waals surface area contributed by atoms with E-state index in [4.69, 9.17) is 11.6 Å². The Morgan fingerprint density at radius 1 is 1.00 bits per heavy atom. The van der Waals surface area contributed by atoms with Crippen molar-refractivity contribution in [3.05, 3.63) is 64.2 Å². The highest BCUT2D eigenvalue weighted by atomic mass is 35.5. The first-order chi connectivity index (χ1) is 12.7. The maximum atomic E-state index is 14.6. The number of rotatable bonds is 4. The number of hydrogen-bond donors (Lipinski definition) is 1. The highest BCUT2D eigenvalue weighted by Crippen LogP contribution is 2.35. The van der Waals surface area contributed by atoms with Crippen molar-refractivity contribution < 1.29 is 26.7 Å². The molecule has 0 saturated carbocycles. The molecule has 2 aromatic rings. The summed E-state index contributed by atoms with van der Waals surface area (Å²) in [4.78, 5) is 1.87. The van der Waals surface area contributed by atoms with E-state index in [1.165, 1.54) is 12.1 Å². The number of alkyl halides is 3. The maximum Gasteiger partial charge on any atom is 0.573 e. The molecule has 1 heterocycles. The van der Waals surface area contributed by atoms with Gasteiger partial charge in [0.15, 0.2) is 0 Å². The van der Waals surface area contributed by atoms with Crippen molar-refractivity contribution in [1.29, 1.82) is 0 Å². The van der Waals surface area contributed by atoms with Gasteiger partial charge < -0.3 is 10.1 Å². The fraction of sp³-hybridized carbons (Fsp3) is 0.333. The smallest absolute Gasteiger partial charge is 0.406 e. The average Bonchev–Trinajstić information content (AvgIpc) is 2.58. The van der Waals surface area contributed by atoms with Crippen molar-refractivity contribution in [2.75, 3.05) is 26.2 Å². The molecule has 1 saturated heterocycles. The molecule has 1 fully saturated rings. The second-order valence-electron chi connectivity index (χ2n) is 6.09. The standard InChI is InChI=1S/C18H16ClF5N2O/c19-12-9-14(20)16(15(21)10-12)17(26-7-5-25-6-8-26)11-1-3-13(4-2-11)27-18(22,23)24/h1-4,9-10,17,25H,5-8H2/t17-/m0/s1. The van der Waals surface area contributed by atoms with E-state index in [0.29, 0.717) is 31.7 Å². The first kappa shape index (κ1) is 19.9. The van der Waals surface area contributed by atoms with Crippen molar-refractivity contribution in [1.82, 2.24) is 10.2 Å². The Hall–Kier alpha value is -1.90. The van der Waals surface area contributed by atoms with Gasteiger partial charge in [0.05, 0.1) is 6.04 Å². The molecule has 0 spiro atoms. The Morgan fingerprint density at radius 2 is 1.56 bits per heavy atom. The van der Waals surface area contributed by atoms with Crippen molar-refractivity contribution >= 4 is 11.6 Å². The third kappa shape index (κ3) is 4.88. The molecule has 3 nitrogen and oxygen atoms in total. The molecule has 0 aliphatic carbocycles. The summed E-state index contributed by atoms with van der Waals surface area (Å²) in [6, 6.07) is 6.26. The van der Waals surface area contributed by atoms with Crippen LogP contribution in [0.5, 0.6) is 5.75 Å². The topological polar surface area (TPSA) is 24.5 Å². The molecular weight excluding hydrogens is 391 g/mol. The van der Waals surface area contributed by atoms with E-state index in [-0.39, 0.29) is 10.6 Å². The number of nitrogens with one attached hydrogen (secondary N) is 1. The first-order valence-corrected chi connectivity index (χ1v) is 8.57. The largest absolute Gasteiger partial charge is 0.573 e. The summed E-state index contributed by atoms with van der Waals surface area (Å²) in [7, 11) is 0. The van der Waals surface area contributed by atoms with Gasteiger partial charge in [0.25, 0.3) is 0 Å². The molecule has 0 unspecified atom stereocenters. The first-order valence-electron chi connectivity index (χ1n) is 8.19. The van der Waals surface area contributed by atoms with Gasteiger partial charge in [-0.15, -0.1) is 13.2 Å². The van der Waals surface area contributed by atoms with Crippen molar-refractivity contribution in [2.45, 2.75) is 12.4 Å². The summed E-state index contributed by atoms with van der Waals surface area (Å²) in [5.74, 6) is -2.01. The van der Waals surface area contributed by atoms with E-state index in [9.17, 15) is 22.0 Å². The van der Waals surface area contributed by atoms with Crippen LogP contribution in [0.1, 0.15) is 17.2 Å². The Kier molecular flexibility index (Phi) is 5.88. The Balaban J connectivity index is 2.00. The van der Waals surface area contributed by atoms with Gasteiger partial charge in [0.2, 0.25) is 0 Å².